The summed E-state index contributed by atoms with van der Waals surface area (Å²) in [5, 5.41) is 9.57. The summed E-state index contributed by atoms with van der Waals surface area (Å²) in [5.41, 5.74) is 0. The monoisotopic (exact) mass is 282 g/mol. The summed E-state index contributed by atoms with van der Waals surface area (Å²) in [6.07, 6.45) is 0. The molecule has 1 heterocycles. The van der Waals surface area contributed by atoms with Crippen LogP contribution >= 0.6 is 12.6 Å². The molecule has 0 radical (unpaired) electrons. The maximum absolute atomic E-state index is 11.6. The minimum atomic E-state index is -4.10. The second-order valence-electron chi connectivity index (χ2n) is 2.68. The van der Waals surface area contributed by atoms with Crippen LogP contribution in [0.3, 0.4) is 0 Å². The molecule has 0 N–H and O–H groups in total. The molecule has 0 saturated carbocycles. The molecule has 2 aromatic rings. The molecular weight excluding hydrogens is 275 g/mol. The van der Waals surface area contributed by atoms with E-state index in [1.807, 2.05) is 0 Å². The van der Waals surface area contributed by atoms with Gasteiger partial charge in [0.15, 0.2) is 0 Å². The molecule has 0 saturated heterocycles. The molecule has 2 rings (SSSR count). The number of rotatable bonds is 3. The molecule has 86 valence electrons. The summed E-state index contributed by atoms with van der Waals surface area (Å²) in [6, 6.07) is 8.03. The van der Waals surface area contributed by atoms with E-state index in [2.05, 4.69) is 28.2 Å². The van der Waals surface area contributed by atoms with Crippen molar-refractivity contribution in [3.05, 3.63) is 30.3 Å². The average Bonchev–Trinajstić information content (AvgIpc) is 2.66. The average molecular weight is 282 g/mol. The number of para-hydroxylation sites is 1. The molecule has 1 aromatic heterocycles. The Kier molecular flexibility index (Phi) is 4.95. The molecule has 0 fully saturated rings. The zero-order valence-corrected chi connectivity index (χ0v) is 9.47. The summed E-state index contributed by atoms with van der Waals surface area (Å²) < 4.78 is 28.5. The van der Waals surface area contributed by atoms with Gasteiger partial charge in [-0.25, -0.2) is 0 Å². The zero-order chi connectivity index (χ0) is 11.6. The number of nitrogens with zero attached hydrogens (tertiary/aromatic N) is 4. The van der Waals surface area contributed by atoms with E-state index in [0.717, 1.165) is 0 Å². The van der Waals surface area contributed by atoms with Crippen molar-refractivity contribution in [1.82, 2.24) is 19.6 Å². The van der Waals surface area contributed by atoms with Gasteiger partial charge in [-0.15, -0.1) is 17.7 Å². The number of thiol groups is 1. The van der Waals surface area contributed by atoms with Crippen LogP contribution in [-0.4, -0.2) is 57.6 Å². The molecule has 0 atom stereocenters. The Labute approximate surface area is 125 Å². The maximum atomic E-state index is 11.6. The van der Waals surface area contributed by atoms with Crippen molar-refractivity contribution in [2.24, 2.45) is 0 Å². The van der Waals surface area contributed by atoms with Crippen LogP contribution in [0.25, 0.3) is 0 Å². The van der Waals surface area contributed by atoms with E-state index in [1.54, 1.807) is 18.2 Å². The normalized spacial score (nSPS) is 10.6. The SMILES string of the molecule is O=S(=O)(Oc1ccccc1)n1nnnc1S.[NaH]. The van der Waals surface area contributed by atoms with Gasteiger partial charge < -0.3 is 4.18 Å². The number of hydrogen-bond acceptors (Lipinski definition) is 7. The third-order valence-electron chi connectivity index (χ3n) is 1.58. The molecule has 0 bridgehead atoms. The molecule has 0 aliphatic carbocycles. The molecule has 10 heteroatoms. The number of hydrogen-bond donors (Lipinski definition) is 1. The van der Waals surface area contributed by atoms with Gasteiger partial charge in [0.2, 0.25) is 5.16 Å². The zero-order valence-electron chi connectivity index (χ0n) is 7.76. The van der Waals surface area contributed by atoms with Crippen LogP contribution in [0.1, 0.15) is 0 Å². The van der Waals surface area contributed by atoms with Crippen molar-refractivity contribution >= 4 is 52.5 Å². The van der Waals surface area contributed by atoms with Crippen molar-refractivity contribution < 1.29 is 12.6 Å². The van der Waals surface area contributed by atoms with Gasteiger partial charge in [0.1, 0.15) is 5.75 Å². The standard InChI is InChI=1S/C7H6N4O3S2.Na.H/c12-16(13,11-7(15)8-9-10-11)14-6-4-2-1-3-5-6;;/h1-5H,(H,8,10,15);;. The van der Waals surface area contributed by atoms with Gasteiger partial charge in [0, 0.05) is 0 Å². The van der Waals surface area contributed by atoms with Crippen LogP contribution < -0.4 is 4.18 Å². The van der Waals surface area contributed by atoms with Crippen LogP contribution in [0.15, 0.2) is 35.5 Å². The Hall–Kier alpha value is -0.610. The predicted molar refractivity (Wildman–Crippen MR) is 63.6 cm³/mol. The van der Waals surface area contributed by atoms with Crippen LogP contribution in [0.4, 0.5) is 0 Å². The van der Waals surface area contributed by atoms with E-state index in [4.69, 9.17) is 4.18 Å². The van der Waals surface area contributed by atoms with Gasteiger partial charge >= 0.3 is 39.9 Å². The van der Waals surface area contributed by atoms with Crippen molar-refractivity contribution in [3.63, 3.8) is 0 Å². The molecule has 0 amide bonds. The first-order valence-electron chi connectivity index (χ1n) is 4.07. The molecule has 0 unspecified atom stereocenters. The number of tetrazole rings is 1. The van der Waals surface area contributed by atoms with Gasteiger partial charge in [0.25, 0.3) is 0 Å². The molecular formula is C7H7N4NaO3S2. The summed E-state index contributed by atoms with van der Waals surface area (Å²) in [4.78, 5) is 0. The van der Waals surface area contributed by atoms with Crippen LogP contribution in [0, 0.1) is 0 Å². The summed E-state index contributed by atoms with van der Waals surface area (Å²) in [5.74, 6) is 0.172. The summed E-state index contributed by atoms with van der Waals surface area (Å²) >= 11 is 3.78. The van der Waals surface area contributed by atoms with Crippen LogP contribution in [-0.2, 0) is 10.3 Å². The first-order valence-corrected chi connectivity index (χ1v) is 5.88. The Bertz CT molecular complexity index is 586. The topological polar surface area (TPSA) is 87.0 Å². The molecule has 1 aromatic carbocycles. The minimum absolute atomic E-state index is 0. The number of aromatic nitrogens is 4. The fourth-order valence-corrected chi connectivity index (χ4v) is 2.12. The van der Waals surface area contributed by atoms with Gasteiger partial charge in [-0.05, 0) is 22.6 Å². The Morgan fingerprint density at radius 2 is 1.88 bits per heavy atom. The first kappa shape index (κ1) is 14.5. The Balaban J connectivity index is 0.00000144. The quantitative estimate of drug-likeness (QED) is 0.602. The van der Waals surface area contributed by atoms with E-state index in [9.17, 15) is 8.42 Å². The Morgan fingerprint density at radius 1 is 1.24 bits per heavy atom. The third-order valence-corrected chi connectivity index (χ3v) is 3.07. The molecule has 0 aliphatic rings. The van der Waals surface area contributed by atoms with E-state index in [0.29, 0.717) is 4.09 Å². The van der Waals surface area contributed by atoms with Gasteiger partial charge in [0.05, 0.1) is 0 Å². The van der Waals surface area contributed by atoms with Crippen molar-refractivity contribution in [2.45, 2.75) is 5.16 Å². The van der Waals surface area contributed by atoms with Gasteiger partial charge in [-0.3, -0.25) is 0 Å². The van der Waals surface area contributed by atoms with Crippen LogP contribution in [0.5, 0.6) is 5.75 Å². The first-order chi connectivity index (χ1) is 7.59. The molecule has 0 aliphatic heterocycles. The summed E-state index contributed by atoms with van der Waals surface area (Å²) in [6.45, 7) is 0. The fraction of sp³-hybridized carbons (Fsp3) is 0. The van der Waals surface area contributed by atoms with E-state index in [-0.39, 0.29) is 40.5 Å². The van der Waals surface area contributed by atoms with E-state index in [1.165, 1.54) is 12.1 Å². The van der Waals surface area contributed by atoms with Crippen molar-refractivity contribution in [2.75, 3.05) is 0 Å². The third kappa shape index (κ3) is 3.42. The summed E-state index contributed by atoms with van der Waals surface area (Å²) in [7, 11) is -4.10. The van der Waals surface area contributed by atoms with Gasteiger partial charge in [-0.2, -0.15) is 8.42 Å². The van der Waals surface area contributed by atoms with Gasteiger partial charge in [-0.1, -0.05) is 22.3 Å². The van der Waals surface area contributed by atoms with Crippen LogP contribution in [0.2, 0.25) is 0 Å². The van der Waals surface area contributed by atoms with E-state index >= 15 is 0 Å². The number of benzene rings is 1. The Morgan fingerprint density at radius 3 is 2.41 bits per heavy atom. The molecule has 17 heavy (non-hydrogen) atoms. The van der Waals surface area contributed by atoms with Crippen molar-refractivity contribution in [3.8, 4) is 5.75 Å². The van der Waals surface area contributed by atoms with Crippen molar-refractivity contribution in [1.29, 1.82) is 0 Å². The fourth-order valence-electron chi connectivity index (χ4n) is 0.952. The second-order valence-corrected chi connectivity index (χ2v) is 4.44. The van der Waals surface area contributed by atoms with E-state index < -0.39 is 10.3 Å². The molecule has 0 spiro atoms. The second kappa shape index (κ2) is 5.83. The molecule has 7 nitrogen and oxygen atoms in total. The predicted octanol–water partition coefficient (Wildman–Crippen LogP) is -0.515.